The van der Waals surface area contributed by atoms with Crippen LogP contribution in [0.5, 0.6) is 0 Å². The summed E-state index contributed by atoms with van der Waals surface area (Å²) in [6, 6.07) is 0.0579. The van der Waals surface area contributed by atoms with Crippen molar-refractivity contribution in [2.45, 2.75) is 44.9 Å². The maximum Gasteiger partial charge on any atom is 0.239 e. The van der Waals surface area contributed by atoms with Crippen molar-refractivity contribution in [1.29, 1.82) is 0 Å². The summed E-state index contributed by atoms with van der Waals surface area (Å²) >= 11 is 0. The molecule has 0 radical (unpaired) electrons. The van der Waals surface area contributed by atoms with E-state index < -0.39 is 0 Å². The van der Waals surface area contributed by atoms with E-state index in [1.807, 2.05) is 18.7 Å². The van der Waals surface area contributed by atoms with Crippen LogP contribution in [0.15, 0.2) is 0 Å². The molecule has 2 aliphatic rings. The van der Waals surface area contributed by atoms with Gasteiger partial charge in [-0.2, -0.15) is 0 Å². The second-order valence-electron chi connectivity index (χ2n) is 4.65. The molecule has 0 aliphatic carbocycles. The molecule has 15 heavy (non-hydrogen) atoms. The van der Waals surface area contributed by atoms with E-state index in [0.717, 1.165) is 32.5 Å². The molecule has 2 saturated heterocycles. The molecule has 2 rings (SSSR count). The number of hydrogen-bond donors (Lipinski definition) is 1. The van der Waals surface area contributed by atoms with Crippen molar-refractivity contribution in [2.24, 2.45) is 0 Å². The normalized spacial score (nSPS) is 36.9. The minimum atomic E-state index is 0.0579. The largest absolute Gasteiger partial charge is 0.372 e. The van der Waals surface area contributed by atoms with Gasteiger partial charge in [0.2, 0.25) is 5.91 Å². The Kier molecular flexibility index (Phi) is 3.26. The highest BCUT2D eigenvalue weighted by Gasteiger charge is 2.31. The van der Waals surface area contributed by atoms with Crippen LogP contribution in [0, 0.1) is 0 Å². The molecule has 3 atom stereocenters. The van der Waals surface area contributed by atoms with Crippen molar-refractivity contribution < 1.29 is 9.53 Å². The first kappa shape index (κ1) is 10.9. The molecule has 1 amide bonds. The van der Waals surface area contributed by atoms with E-state index in [4.69, 9.17) is 4.74 Å². The van der Waals surface area contributed by atoms with E-state index >= 15 is 0 Å². The van der Waals surface area contributed by atoms with E-state index in [1.165, 1.54) is 0 Å². The Bertz CT molecular complexity index is 229. The molecule has 0 bridgehead atoms. The van der Waals surface area contributed by atoms with Crippen molar-refractivity contribution in [3.8, 4) is 0 Å². The molecule has 2 heterocycles. The number of morpholine rings is 1. The van der Waals surface area contributed by atoms with Crippen LogP contribution in [0.25, 0.3) is 0 Å². The predicted octanol–water partition coefficient (Wildman–Crippen LogP) is 0.374. The summed E-state index contributed by atoms with van der Waals surface area (Å²) in [4.78, 5) is 14.0. The number of carbonyl (C=O) groups excluding carboxylic acids is 1. The third-order valence-electron chi connectivity index (χ3n) is 3.09. The molecule has 1 N–H and O–H groups in total. The van der Waals surface area contributed by atoms with Gasteiger partial charge in [-0.15, -0.1) is 0 Å². The molecule has 2 unspecified atom stereocenters. The van der Waals surface area contributed by atoms with Crippen molar-refractivity contribution in [2.75, 3.05) is 19.6 Å². The fourth-order valence-electron chi connectivity index (χ4n) is 2.47. The average molecular weight is 212 g/mol. The lowest BCUT2D eigenvalue weighted by molar-refractivity contribution is -0.145. The van der Waals surface area contributed by atoms with Crippen molar-refractivity contribution in [3.05, 3.63) is 0 Å². The zero-order valence-corrected chi connectivity index (χ0v) is 9.53. The van der Waals surface area contributed by atoms with Gasteiger partial charge >= 0.3 is 0 Å². The highest BCUT2D eigenvalue weighted by atomic mass is 16.5. The molecule has 0 spiro atoms. The topological polar surface area (TPSA) is 41.6 Å². The Morgan fingerprint density at radius 2 is 2.00 bits per heavy atom. The van der Waals surface area contributed by atoms with Gasteiger partial charge in [0, 0.05) is 13.1 Å². The predicted molar refractivity (Wildman–Crippen MR) is 57.6 cm³/mol. The van der Waals surface area contributed by atoms with Crippen LogP contribution < -0.4 is 5.32 Å². The van der Waals surface area contributed by atoms with Gasteiger partial charge < -0.3 is 15.0 Å². The van der Waals surface area contributed by atoms with Gasteiger partial charge in [0.15, 0.2) is 0 Å². The number of nitrogens with one attached hydrogen (secondary N) is 1. The molecule has 2 fully saturated rings. The molecule has 4 nitrogen and oxygen atoms in total. The zero-order chi connectivity index (χ0) is 10.8. The summed E-state index contributed by atoms with van der Waals surface area (Å²) in [5.74, 6) is 0.259. The molecule has 0 saturated carbocycles. The van der Waals surface area contributed by atoms with E-state index in [1.54, 1.807) is 0 Å². The lowest BCUT2D eigenvalue weighted by Crippen LogP contribution is -2.53. The van der Waals surface area contributed by atoms with Gasteiger partial charge in [-0.3, -0.25) is 4.79 Å². The first-order chi connectivity index (χ1) is 7.16. The molecule has 0 aromatic heterocycles. The number of hydrogen-bond acceptors (Lipinski definition) is 3. The summed E-state index contributed by atoms with van der Waals surface area (Å²) in [6.45, 7) is 6.50. The lowest BCUT2D eigenvalue weighted by Gasteiger charge is -2.36. The van der Waals surface area contributed by atoms with Gasteiger partial charge in [-0.1, -0.05) is 0 Å². The van der Waals surface area contributed by atoms with Crippen LogP contribution in [0.3, 0.4) is 0 Å². The summed E-state index contributed by atoms with van der Waals surface area (Å²) in [6.07, 6.45) is 2.43. The summed E-state index contributed by atoms with van der Waals surface area (Å²) in [5.41, 5.74) is 0. The lowest BCUT2D eigenvalue weighted by atomic mass is 10.1. The molecule has 0 aromatic rings. The Morgan fingerprint density at radius 1 is 1.33 bits per heavy atom. The van der Waals surface area contributed by atoms with Gasteiger partial charge in [-0.25, -0.2) is 0 Å². The van der Waals surface area contributed by atoms with E-state index in [9.17, 15) is 4.79 Å². The van der Waals surface area contributed by atoms with Gasteiger partial charge in [0.1, 0.15) is 0 Å². The van der Waals surface area contributed by atoms with Crippen molar-refractivity contribution >= 4 is 5.91 Å². The molecule has 0 aromatic carbocycles. The number of rotatable bonds is 1. The Morgan fingerprint density at radius 3 is 2.53 bits per heavy atom. The second kappa shape index (κ2) is 4.49. The molecular formula is C11H20N2O2. The van der Waals surface area contributed by atoms with E-state index in [0.29, 0.717) is 0 Å². The minimum Gasteiger partial charge on any atom is -0.372 e. The zero-order valence-electron chi connectivity index (χ0n) is 9.53. The van der Waals surface area contributed by atoms with Crippen LogP contribution in [-0.2, 0) is 9.53 Å². The Labute approximate surface area is 91.0 Å². The number of nitrogens with zero attached hydrogens (tertiary/aromatic N) is 1. The summed E-state index contributed by atoms with van der Waals surface area (Å²) in [7, 11) is 0. The maximum absolute atomic E-state index is 12.1. The van der Waals surface area contributed by atoms with Crippen molar-refractivity contribution in [1.82, 2.24) is 10.2 Å². The Hall–Kier alpha value is -0.610. The van der Waals surface area contributed by atoms with Crippen molar-refractivity contribution in [3.63, 3.8) is 0 Å². The Balaban J connectivity index is 1.93. The monoisotopic (exact) mass is 212 g/mol. The highest BCUT2D eigenvalue weighted by Crippen LogP contribution is 2.15. The van der Waals surface area contributed by atoms with Gasteiger partial charge in [0.25, 0.3) is 0 Å². The molecule has 4 heteroatoms. The second-order valence-corrected chi connectivity index (χ2v) is 4.65. The molecule has 86 valence electrons. The van der Waals surface area contributed by atoms with Crippen LogP contribution in [0.2, 0.25) is 0 Å². The fraction of sp³-hybridized carbons (Fsp3) is 0.909. The summed E-state index contributed by atoms with van der Waals surface area (Å²) < 4.78 is 5.61. The van der Waals surface area contributed by atoms with Gasteiger partial charge in [0.05, 0.1) is 18.2 Å². The third-order valence-corrected chi connectivity index (χ3v) is 3.09. The molecular weight excluding hydrogens is 192 g/mol. The van der Waals surface area contributed by atoms with Gasteiger partial charge in [-0.05, 0) is 33.2 Å². The minimum absolute atomic E-state index is 0.0579. The SMILES string of the molecule is CC1CN(C(=O)[C@H]2CCCN2)CC(C)O1. The number of carbonyl (C=O) groups is 1. The smallest absolute Gasteiger partial charge is 0.239 e. The number of ether oxygens (including phenoxy) is 1. The first-order valence-corrected chi connectivity index (χ1v) is 5.84. The average Bonchev–Trinajstić information content (AvgIpc) is 2.67. The highest BCUT2D eigenvalue weighted by molar-refractivity contribution is 5.82. The first-order valence-electron chi connectivity index (χ1n) is 5.84. The molecule has 2 aliphatic heterocycles. The van der Waals surface area contributed by atoms with Crippen LogP contribution in [0.4, 0.5) is 0 Å². The van der Waals surface area contributed by atoms with E-state index in [2.05, 4.69) is 5.32 Å². The quantitative estimate of drug-likeness (QED) is 0.683. The maximum atomic E-state index is 12.1. The van der Waals surface area contributed by atoms with Crippen LogP contribution >= 0.6 is 0 Å². The third kappa shape index (κ3) is 2.49. The fourth-order valence-corrected chi connectivity index (χ4v) is 2.47. The van der Waals surface area contributed by atoms with E-state index in [-0.39, 0.29) is 24.2 Å². The standard InChI is InChI=1S/C11H20N2O2/c1-8-6-13(7-9(2)15-8)11(14)10-4-3-5-12-10/h8-10,12H,3-7H2,1-2H3/t8?,9?,10-/m1/s1. The van der Waals surface area contributed by atoms with Crippen LogP contribution in [-0.4, -0.2) is 48.7 Å². The summed E-state index contributed by atoms with van der Waals surface area (Å²) in [5, 5.41) is 3.25. The number of amides is 1. The van der Waals surface area contributed by atoms with Crippen LogP contribution in [0.1, 0.15) is 26.7 Å².